The molecule has 3 unspecified atom stereocenters. The molecule has 1 aliphatic rings. The lowest BCUT2D eigenvalue weighted by molar-refractivity contribution is -0.142. The number of nitrogens with one attached hydrogen (secondary N) is 2. The summed E-state index contributed by atoms with van der Waals surface area (Å²) in [5, 5.41) is 5.95. The summed E-state index contributed by atoms with van der Waals surface area (Å²) in [6.07, 6.45) is 8.55. The van der Waals surface area contributed by atoms with Gasteiger partial charge >= 0.3 is 0 Å². The van der Waals surface area contributed by atoms with Crippen molar-refractivity contribution in [1.29, 1.82) is 0 Å². The molecule has 3 atom stereocenters. The van der Waals surface area contributed by atoms with Crippen molar-refractivity contribution in [2.24, 2.45) is 22.4 Å². The molecule has 0 aromatic heterocycles. The molecule has 0 aliphatic heterocycles. The summed E-state index contributed by atoms with van der Waals surface area (Å²) >= 11 is 0. The van der Waals surface area contributed by atoms with Crippen LogP contribution in [-0.4, -0.2) is 67.7 Å². The van der Waals surface area contributed by atoms with E-state index in [0.29, 0.717) is 31.7 Å². The summed E-state index contributed by atoms with van der Waals surface area (Å²) < 4.78 is 0. The van der Waals surface area contributed by atoms with Gasteiger partial charge in [-0.1, -0.05) is 32.6 Å². The summed E-state index contributed by atoms with van der Waals surface area (Å²) in [6, 6.07) is -1.53. The first kappa shape index (κ1) is 25.9. The lowest BCUT2D eigenvalue weighted by Gasteiger charge is -2.35. The molecule has 2 amide bonds. The van der Waals surface area contributed by atoms with Crippen LogP contribution in [0.5, 0.6) is 0 Å². The highest BCUT2D eigenvalue weighted by Gasteiger charge is 2.35. The van der Waals surface area contributed by atoms with Gasteiger partial charge in [0.05, 0.1) is 12.1 Å². The van der Waals surface area contributed by atoms with Crippen LogP contribution in [0.2, 0.25) is 0 Å². The zero-order valence-corrected chi connectivity index (χ0v) is 18.7. The van der Waals surface area contributed by atoms with Crippen LogP contribution >= 0.6 is 0 Å². The fourth-order valence-corrected chi connectivity index (χ4v) is 4.15. The van der Waals surface area contributed by atoms with Crippen molar-refractivity contribution in [3.05, 3.63) is 0 Å². The van der Waals surface area contributed by atoms with E-state index in [4.69, 9.17) is 11.5 Å². The van der Waals surface area contributed by atoms with Crippen LogP contribution in [0.1, 0.15) is 64.7 Å². The number of nitrogens with two attached hydrogens (primary N) is 2. The minimum atomic E-state index is -0.631. The molecular formula is C21H40N6O3. The first-order chi connectivity index (χ1) is 14.3. The maximum atomic E-state index is 13.2. The van der Waals surface area contributed by atoms with E-state index < -0.39 is 12.1 Å². The van der Waals surface area contributed by atoms with Crippen molar-refractivity contribution in [2.45, 2.75) is 82.8 Å². The Morgan fingerprint density at radius 3 is 2.40 bits per heavy atom. The van der Waals surface area contributed by atoms with Crippen LogP contribution in [0.25, 0.3) is 0 Å². The molecule has 0 spiro atoms. The highest BCUT2D eigenvalue weighted by atomic mass is 16.2. The van der Waals surface area contributed by atoms with Gasteiger partial charge < -0.3 is 31.8 Å². The normalized spacial score (nSPS) is 17.4. The maximum Gasteiger partial charge on any atom is 0.243 e. The van der Waals surface area contributed by atoms with Gasteiger partial charge in [0.2, 0.25) is 11.8 Å². The zero-order valence-electron chi connectivity index (χ0n) is 18.7. The maximum absolute atomic E-state index is 13.2. The molecule has 172 valence electrons. The number of carbonyl (C=O) groups excluding carboxylic acids is 3. The molecule has 0 heterocycles. The molecular weight excluding hydrogens is 384 g/mol. The Balaban J connectivity index is 2.76. The average Bonchev–Trinajstić information content (AvgIpc) is 2.74. The molecule has 1 fully saturated rings. The molecule has 0 aromatic carbocycles. The van der Waals surface area contributed by atoms with Crippen LogP contribution < -0.4 is 22.1 Å². The molecule has 9 heteroatoms. The third kappa shape index (κ3) is 8.30. The van der Waals surface area contributed by atoms with E-state index in [0.717, 1.165) is 38.4 Å². The molecule has 1 saturated carbocycles. The monoisotopic (exact) mass is 424 g/mol. The zero-order chi connectivity index (χ0) is 22.5. The number of nitrogens with zero attached hydrogens (tertiary/aromatic N) is 2. The Bertz CT molecular complexity index is 573. The summed E-state index contributed by atoms with van der Waals surface area (Å²) in [6.45, 7) is 2.37. The summed E-state index contributed by atoms with van der Waals surface area (Å²) in [5.41, 5.74) is 10.6. The lowest BCUT2D eigenvalue weighted by Crippen LogP contribution is -2.56. The van der Waals surface area contributed by atoms with Crippen molar-refractivity contribution >= 4 is 24.1 Å². The highest BCUT2D eigenvalue weighted by molar-refractivity contribution is 5.90. The number of likely N-dealkylation sites (N-methyl/N-ethyl adjacent to an activating group) is 2. The van der Waals surface area contributed by atoms with Gasteiger partial charge in [-0.2, -0.15) is 0 Å². The number of hydrogen-bond acceptors (Lipinski definition) is 5. The van der Waals surface area contributed by atoms with Gasteiger partial charge in [0.25, 0.3) is 0 Å². The Morgan fingerprint density at radius 1 is 1.20 bits per heavy atom. The van der Waals surface area contributed by atoms with Crippen molar-refractivity contribution in [1.82, 2.24) is 15.5 Å². The van der Waals surface area contributed by atoms with Gasteiger partial charge in [-0.3, -0.25) is 14.6 Å². The number of amides is 2. The Kier molecular flexibility index (Phi) is 12.0. The number of aldehydes is 1. The predicted molar refractivity (Wildman–Crippen MR) is 119 cm³/mol. The highest BCUT2D eigenvalue weighted by Crippen LogP contribution is 2.27. The molecule has 0 bridgehead atoms. The second kappa shape index (κ2) is 14.0. The Hall–Kier alpha value is -2.16. The number of carbonyl (C=O) groups is 3. The van der Waals surface area contributed by atoms with Crippen molar-refractivity contribution in [3.8, 4) is 0 Å². The number of rotatable bonds is 13. The van der Waals surface area contributed by atoms with Crippen LogP contribution in [0.4, 0.5) is 0 Å². The molecule has 1 aliphatic carbocycles. The lowest BCUT2D eigenvalue weighted by atomic mass is 9.83. The van der Waals surface area contributed by atoms with Crippen LogP contribution in [0, 0.1) is 5.92 Å². The second-order valence-electron chi connectivity index (χ2n) is 8.12. The van der Waals surface area contributed by atoms with Gasteiger partial charge in [-0.15, -0.1) is 0 Å². The van der Waals surface area contributed by atoms with E-state index in [2.05, 4.69) is 15.6 Å². The molecule has 1 rings (SSSR count). The quantitative estimate of drug-likeness (QED) is 0.147. The Morgan fingerprint density at radius 2 is 1.87 bits per heavy atom. The van der Waals surface area contributed by atoms with E-state index in [9.17, 15) is 14.4 Å². The fraction of sp³-hybridized carbons (Fsp3) is 0.810. The third-order valence-corrected chi connectivity index (χ3v) is 5.84. The topological polar surface area (TPSA) is 143 Å². The fourth-order valence-electron chi connectivity index (χ4n) is 4.15. The smallest absolute Gasteiger partial charge is 0.243 e. The van der Waals surface area contributed by atoms with Crippen LogP contribution in [0.15, 0.2) is 4.99 Å². The summed E-state index contributed by atoms with van der Waals surface area (Å²) in [5.74, 6) is -0.0669. The SMILES string of the molecule is CCCC(C(=O)NC(C=O)CCCN=C(N)N)N(C)C(=O)C(NC)C1CCCCC1. The van der Waals surface area contributed by atoms with E-state index in [-0.39, 0.29) is 23.8 Å². The summed E-state index contributed by atoms with van der Waals surface area (Å²) in [7, 11) is 3.49. The van der Waals surface area contributed by atoms with Gasteiger partial charge in [0.15, 0.2) is 5.96 Å². The second-order valence-corrected chi connectivity index (χ2v) is 8.12. The van der Waals surface area contributed by atoms with Crippen molar-refractivity contribution in [3.63, 3.8) is 0 Å². The first-order valence-corrected chi connectivity index (χ1v) is 11.1. The molecule has 30 heavy (non-hydrogen) atoms. The standard InChI is InChI=1S/C21H40N6O3/c1-4-9-17(19(29)26-16(14-28)12-8-13-25-21(22)23)27(3)20(30)18(24-2)15-10-6-5-7-11-15/h14-18,24H,4-13H2,1-3H3,(H,26,29)(H4,22,23,25). The molecule has 0 aromatic rings. The molecule has 0 saturated heterocycles. The van der Waals surface area contributed by atoms with E-state index in [1.807, 2.05) is 6.92 Å². The van der Waals surface area contributed by atoms with Crippen LogP contribution in [0.3, 0.4) is 0 Å². The largest absolute Gasteiger partial charge is 0.370 e. The minimum Gasteiger partial charge on any atom is -0.370 e. The first-order valence-electron chi connectivity index (χ1n) is 11.1. The predicted octanol–water partition coefficient (Wildman–Crippen LogP) is 0.519. The van der Waals surface area contributed by atoms with Crippen molar-refractivity contribution in [2.75, 3.05) is 20.6 Å². The molecule has 0 radical (unpaired) electrons. The van der Waals surface area contributed by atoms with Gasteiger partial charge in [0, 0.05) is 13.6 Å². The van der Waals surface area contributed by atoms with Gasteiger partial charge in [-0.05, 0) is 45.1 Å². The van der Waals surface area contributed by atoms with Crippen molar-refractivity contribution < 1.29 is 14.4 Å². The average molecular weight is 425 g/mol. The third-order valence-electron chi connectivity index (χ3n) is 5.84. The number of guanidine groups is 1. The van der Waals surface area contributed by atoms with Crippen LogP contribution in [-0.2, 0) is 14.4 Å². The molecule has 6 N–H and O–H groups in total. The minimum absolute atomic E-state index is 0.00175. The van der Waals surface area contributed by atoms with Gasteiger partial charge in [0.1, 0.15) is 12.3 Å². The molecule has 9 nitrogen and oxygen atoms in total. The van der Waals surface area contributed by atoms with E-state index in [1.165, 1.54) is 6.42 Å². The van der Waals surface area contributed by atoms with E-state index >= 15 is 0 Å². The Labute approximate surface area is 180 Å². The number of hydrogen-bond donors (Lipinski definition) is 4. The van der Waals surface area contributed by atoms with Gasteiger partial charge in [-0.25, -0.2) is 0 Å². The number of aliphatic imine (C=N–C) groups is 1. The van der Waals surface area contributed by atoms with E-state index in [1.54, 1.807) is 19.0 Å². The summed E-state index contributed by atoms with van der Waals surface area (Å²) in [4.78, 5) is 43.0.